The van der Waals surface area contributed by atoms with Crippen molar-refractivity contribution in [2.45, 2.75) is 0 Å². The SMILES string of the molecule is COc1ccc2c(ccn3cc(C(=O)O)nc23)c1. The first kappa shape index (κ1) is 10.6. The zero-order chi connectivity index (χ0) is 12.7. The van der Waals surface area contributed by atoms with Crippen molar-refractivity contribution in [3.8, 4) is 5.75 Å². The lowest BCUT2D eigenvalue weighted by molar-refractivity contribution is 0.0691. The summed E-state index contributed by atoms with van der Waals surface area (Å²) in [5.74, 6) is -0.266. The van der Waals surface area contributed by atoms with E-state index in [0.29, 0.717) is 5.65 Å². The minimum atomic E-state index is -1.03. The molecule has 0 unspecified atom stereocenters. The highest BCUT2D eigenvalue weighted by Crippen LogP contribution is 2.24. The van der Waals surface area contributed by atoms with E-state index < -0.39 is 5.97 Å². The van der Waals surface area contributed by atoms with Crippen LogP contribution in [0.3, 0.4) is 0 Å². The first-order valence-electron chi connectivity index (χ1n) is 5.38. The molecule has 0 aliphatic heterocycles. The second-order valence-electron chi connectivity index (χ2n) is 3.93. The van der Waals surface area contributed by atoms with E-state index in [-0.39, 0.29) is 5.69 Å². The number of ether oxygens (including phenoxy) is 1. The third-order valence-corrected chi connectivity index (χ3v) is 2.87. The Labute approximate surface area is 102 Å². The molecule has 0 atom stereocenters. The van der Waals surface area contributed by atoms with E-state index in [2.05, 4.69) is 4.98 Å². The number of rotatable bonds is 2. The molecule has 0 radical (unpaired) electrons. The van der Waals surface area contributed by atoms with Gasteiger partial charge in [-0.3, -0.25) is 0 Å². The molecule has 0 bridgehead atoms. The number of nitrogens with zero attached hydrogens (tertiary/aromatic N) is 2. The van der Waals surface area contributed by atoms with Gasteiger partial charge in [-0.2, -0.15) is 0 Å². The summed E-state index contributed by atoms with van der Waals surface area (Å²) in [6.45, 7) is 0. The molecule has 1 aromatic carbocycles. The van der Waals surface area contributed by atoms with Gasteiger partial charge in [0.2, 0.25) is 0 Å². The van der Waals surface area contributed by atoms with Crippen molar-refractivity contribution in [2.75, 3.05) is 7.11 Å². The van der Waals surface area contributed by atoms with Gasteiger partial charge in [0, 0.05) is 17.8 Å². The van der Waals surface area contributed by atoms with Crippen LogP contribution < -0.4 is 4.74 Å². The van der Waals surface area contributed by atoms with Crippen molar-refractivity contribution < 1.29 is 14.6 Å². The number of benzene rings is 1. The fraction of sp³-hybridized carbons (Fsp3) is 0.0769. The Balaban J connectivity index is 2.34. The van der Waals surface area contributed by atoms with Crippen LogP contribution in [0.5, 0.6) is 5.75 Å². The number of carbonyl (C=O) groups is 1. The molecule has 90 valence electrons. The summed E-state index contributed by atoms with van der Waals surface area (Å²) in [5, 5.41) is 10.8. The quantitative estimate of drug-likeness (QED) is 0.748. The van der Waals surface area contributed by atoms with Gasteiger partial charge in [0.25, 0.3) is 0 Å². The zero-order valence-electron chi connectivity index (χ0n) is 9.62. The van der Waals surface area contributed by atoms with Crippen LogP contribution in [0.15, 0.2) is 36.7 Å². The highest BCUT2D eigenvalue weighted by atomic mass is 16.5. The number of aromatic nitrogens is 2. The maximum absolute atomic E-state index is 10.9. The van der Waals surface area contributed by atoms with Gasteiger partial charge in [-0.15, -0.1) is 0 Å². The van der Waals surface area contributed by atoms with E-state index in [0.717, 1.165) is 16.5 Å². The Morgan fingerprint density at radius 3 is 2.94 bits per heavy atom. The maximum atomic E-state index is 10.9. The number of methoxy groups -OCH3 is 1. The fourth-order valence-corrected chi connectivity index (χ4v) is 1.98. The highest BCUT2D eigenvalue weighted by molar-refractivity contribution is 5.96. The summed E-state index contributed by atoms with van der Waals surface area (Å²) in [7, 11) is 1.61. The lowest BCUT2D eigenvalue weighted by Crippen LogP contribution is -1.94. The number of fused-ring (bicyclic) bond motifs is 3. The molecular weight excluding hydrogens is 232 g/mol. The molecule has 0 amide bonds. The van der Waals surface area contributed by atoms with Gasteiger partial charge in [0.05, 0.1) is 7.11 Å². The van der Waals surface area contributed by atoms with E-state index >= 15 is 0 Å². The zero-order valence-corrected chi connectivity index (χ0v) is 9.62. The maximum Gasteiger partial charge on any atom is 0.356 e. The highest BCUT2D eigenvalue weighted by Gasteiger charge is 2.10. The molecule has 5 nitrogen and oxygen atoms in total. The Hall–Kier alpha value is -2.56. The van der Waals surface area contributed by atoms with Crippen molar-refractivity contribution in [3.63, 3.8) is 0 Å². The number of pyridine rings is 1. The van der Waals surface area contributed by atoms with Crippen LogP contribution in [-0.2, 0) is 0 Å². The smallest absolute Gasteiger partial charge is 0.356 e. The summed E-state index contributed by atoms with van der Waals surface area (Å²) < 4.78 is 6.86. The molecule has 3 aromatic rings. The van der Waals surface area contributed by atoms with E-state index in [9.17, 15) is 4.79 Å². The van der Waals surface area contributed by atoms with Crippen molar-refractivity contribution in [1.82, 2.24) is 9.38 Å². The summed E-state index contributed by atoms with van der Waals surface area (Å²) in [6, 6.07) is 7.50. The Morgan fingerprint density at radius 2 is 2.22 bits per heavy atom. The molecule has 0 saturated carbocycles. The van der Waals surface area contributed by atoms with Crippen LogP contribution in [0.2, 0.25) is 0 Å². The van der Waals surface area contributed by atoms with Crippen molar-refractivity contribution >= 4 is 22.4 Å². The average Bonchev–Trinajstić information content (AvgIpc) is 2.82. The molecule has 0 aliphatic carbocycles. The van der Waals surface area contributed by atoms with E-state index in [1.54, 1.807) is 17.7 Å². The van der Waals surface area contributed by atoms with Gasteiger partial charge in [-0.1, -0.05) is 0 Å². The van der Waals surface area contributed by atoms with Crippen molar-refractivity contribution in [3.05, 3.63) is 42.4 Å². The predicted octanol–water partition coefficient (Wildman–Crippen LogP) is 2.19. The molecule has 18 heavy (non-hydrogen) atoms. The topological polar surface area (TPSA) is 63.8 Å². The lowest BCUT2D eigenvalue weighted by atomic mass is 10.1. The number of hydrogen-bond donors (Lipinski definition) is 1. The van der Waals surface area contributed by atoms with E-state index in [4.69, 9.17) is 9.84 Å². The molecule has 0 spiro atoms. The van der Waals surface area contributed by atoms with E-state index in [1.165, 1.54) is 6.20 Å². The molecule has 0 aliphatic rings. The Kier molecular flexibility index (Phi) is 2.19. The number of carboxylic acids is 1. The minimum absolute atomic E-state index is 0.0401. The summed E-state index contributed by atoms with van der Waals surface area (Å²) >= 11 is 0. The number of imidazole rings is 1. The fourth-order valence-electron chi connectivity index (χ4n) is 1.98. The number of carboxylic acid groups (broad SMARTS) is 1. The lowest BCUT2D eigenvalue weighted by Gasteiger charge is -2.03. The van der Waals surface area contributed by atoms with Crippen LogP contribution in [0.1, 0.15) is 10.5 Å². The van der Waals surface area contributed by atoms with Crippen LogP contribution >= 0.6 is 0 Å². The molecule has 0 fully saturated rings. The third kappa shape index (κ3) is 1.48. The summed E-state index contributed by atoms with van der Waals surface area (Å²) in [4.78, 5) is 15.0. The van der Waals surface area contributed by atoms with Crippen molar-refractivity contribution in [2.24, 2.45) is 0 Å². The standard InChI is InChI=1S/C13H10N2O3/c1-18-9-2-3-10-8(6-9)4-5-15-7-11(13(16)17)14-12(10)15/h2-7H,1H3,(H,16,17). The van der Waals surface area contributed by atoms with Gasteiger partial charge < -0.3 is 14.2 Å². The predicted molar refractivity (Wildman–Crippen MR) is 66.2 cm³/mol. The Morgan fingerprint density at radius 1 is 1.39 bits per heavy atom. The first-order chi connectivity index (χ1) is 8.69. The van der Waals surface area contributed by atoms with Crippen LogP contribution in [-0.4, -0.2) is 27.6 Å². The van der Waals surface area contributed by atoms with E-state index in [1.807, 2.05) is 24.3 Å². The van der Waals surface area contributed by atoms with Crippen LogP contribution in [0.25, 0.3) is 16.4 Å². The number of hydrogen-bond acceptors (Lipinski definition) is 3. The molecular formula is C13H10N2O3. The number of aromatic carboxylic acids is 1. The molecule has 0 saturated heterocycles. The van der Waals surface area contributed by atoms with Gasteiger partial charge in [-0.05, 0) is 29.7 Å². The second kappa shape index (κ2) is 3.73. The van der Waals surface area contributed by atoms with Crippen LogP contribution in [0, 0.1) is 0 Å². The molecule has 2 aromatic heterocycles. The summed E-state index contributed by atoms with van der Waals surface area (Å²) in [5.41, 5.74) is 0.672. The monoisotopic (exact) mass is 242 g/mol. The molecule has 5 heteroatoms. The Bertz CT molecular complexity index is 761. The van der Waals surface area contributed by atoms with Gasteiger partial charge in [-0.25, -0.2) is 9.78 Å². The van der Waals surface area contributed by atoms with Gasteiger partial charge in [0.1, 0.15) is 11.4 Å². The normalized spacial score (nSPS) is 10.9. The van der Waals surface area contributed by atoms with Gasteiger partial charge >= 0.3 is 5.97 Å². The molecule has 1 N–H and O–H groups in total. The van der Waals surface area contributed by atoms with Crippen molar-refractivity contribution in [1.29, 1.82) is 0 Å². The second-order valence-corrected chi connectivity index (χ2v) is 3.93. The first-order valence-corrected chi connectivity index (χ1v) is 5.38. The minimum Gasteiger partial charge on any atom is -0.497 e. The largest absolute Gasteiger partial charge is 0.497 e. The molecule has 3 rings (SSSR count). The average molecular weight is 242 g/mol. The van der Waals surface area contributed by atoms with Gasteiger partial charge in [0.15, 0.2) is 5.69 Å². The summed E-state index contributed by atoms with van der Waals surface area (Å²) in [6.07, 6.45) is 3.29. The molecule has 2 heterocycles. The third-order valence-electron chi connectivity index (χ3n) is 2.87. The van der Waals surface area contributed by atoms with Crippen LogP contribution in [0.4, 0.5) is 0 Å².